The maximum absolute atomic E-state index is 13.3. The highest BCUT2D eigenvalue weighted by Crippen LogP contribution is 2.34. The molecule has 154 valence electrons. The second-order valence-corrected chi connectivity index (χ2v) is 6.25. The van der Waals surface area contributed by atoms with E-state index in [2.05, 4.69) is 20.9 Å². The molecular formula is C19H23FN6O3. The third-order valence-electron chi connectivity index (χ3n) is 4.28. The molecule has 0 fully saturated rings. The van der Waals surface area contributed by atoms with Crippen molar-refractivity contribution < 1.29 is 19.1 Å². The number of hydrogen-bond donors (Lipinski definition) is 6. The Hall–Kier alpha value is -3.37. The second-order valence-electron chi connectivity index (χ2n) is 6.25. The van der Waals surface area contributed by atoms with Crippen LogP contribution in [0.5, 0.6) is 0 Å². The van der Waals surface area contributed by atoms with Crippen molar-refractivity contribution in [3.05, 3.63) is 53.3 Å². The summed E-state index contributed by atoms with van der Waals surface area (Å²) >= 11 is 0. The third kappa shape index (κ3) is 4.92. The molecule has 29 heavy (non-hydrogen) atoms. The maximum Gasteiger partial charge on any atom is 0.258 e. The van der Waals surface area contributed by atoms with Crippen molar-refractivity contribution in [2.24, 2.45) is 4.99 Å². The molecule has 0 radical (unpaired) electrons. The minimum Gasteiger partial charge on any atom is -0.397 e. The van der Waals surface area contributed by atoms with Gasteiger partial charge in [0.2, 0.25) is 0 Å². The van der Waals surface area contributed by atoms with Gasteiger partial charge in [0.15, 0.2) is 5.96 Å². The molecule has 2 aromatic carbocycles. The first-order chi connectivity index (χ1) is 14.0. The van der Waals surface area contributed by atoms with Gasteiger partial charge in [-0.15, -0.1) is 0 Å². The fourth-order valence-electron chi connectivity index (χ4n) is 2.78. The molecular weight excluding hydrogens is 379 g/mol. The van der Waals surface area contributed by atoms with E-state index in [0.717, 1.165) is 5.56 Å². The van der Waals surface area contributed by atoms with Crippen LogP contribution in [0.2, 0.25) is 0 Å². The summed E-state index contributed by atoms with van der Waals surface area (Å²) in [5.41, 5.74) is 10.1. The normalized spacial score (nSPS) is 15.0. The molecule has 1 heterocycles. The number of amides is 1. The molecule has 1 aliphatic heterocycles. The lowest BCUT2D eigenvalue weighted by Crippen LogP contribution is -2.47. The van der Waals surface area contributed by atoms with Gasteiger partial charge in [-0.2, -0.15) is 0 Å². The van der Waals surface area contributed by atoms with Crippen LogP contribution in [-0.2, 0) is 4.74 Å². The van der Waals surface area contributed by atoms with E-state index in [9.17, 15) is 9.18 Å². The first kappa shape index (κ1) is 20.4. The van der Waals surface area contributed by atoms with E-state index in [1.807, 2.05) is 12.4 Å². The average Bonchev–Trinajstić information content (AvgIpc) is 2.69. The van der Waals surface area contributed by atoms with E-state index in [1.165, 1.54) is 30.3 Å². The van der Waals surface area contributed by atoms with Crippen LogP contribution in [0.1, 0.15) is 29.0 Å². The summed E-state index contributed by atoms with van der Waals surface area (Å²) in [6.45, 7) is 3.20. The smallest absolute Gasteiger partial charge is 0.258 e. The van der Waals surface area contributed by atoms with Crippen LogP contribution in [0.4, 0.5) is 21.5 Å². The van der Waals surface area contributed by atoms with Crippen molar-refractivity contribution in [1.29, 1.82) is 0 Å². The number of aliphatic imine (C=N–C) groups is 1. The van der Waals surface area contributed by atoms with Crippen LogP contribution in [0, 0.1) is 5.82 Å². The number of nitrogens with one attached hydrogen (secondary N) is 4. The molecule has 1 aliphatic rings. The van der Waals surface area contributed by atoms with Crippen molar-refractivity contribution in [2.75, 3.05) is 36.3 Å². The Morgan fingerprint density at radius 3 is 2.86 bits per heavy atom. The van der Waals surface area contributed by atoms with Gasteiger partial charge >= 0.3 is 0 Å². The lowest BCUT2D eigenvalue weighted by atomic mass is 10.0. The van der Waals surface area contributed by atoms with Gasteiger partial charge < -0.3 is 21.1 Å². The fourth-order valence-corrected chi connectivity index (χ4v) is 2.78. The van der Waals surface area contributed by atoms with Gasteiger partial charge in [0.05, 0.1) is 24.5 Å². The van der Waals surface area contributed by atoms with Crippen LogP contribution in [-0.4, -0.2) is 36.8 Å². The van der Waals surface area contributed by atoms with Crippen molar-refractivity contribution in [1.82, 2.24) is 10.6 Å². The zero-order valence-corrected chi connectivity index (χ0v) is 15.8. The van der Waals surface area contributed by atoms with Gasteiger partial charge in [-0.3, -0.25) is 25.8 Å². The summed E-state index contributed by atoms with van der Waals surface area (Å²) < 4.78 is 18.5. The number of nitrogens with two attached hydrogens (primary N) is 1. The summed E-state index contributed by atoms with van der Waals surface area (Å²) in [7, 11) is 0. The van der Waals surface area contributed by atoms with Crippen LogP contribution in [0.15, 0.2) is 41.4 Å². The summed E-state index contributed by atoms with van der Waals surface area (Å²) in [6.07, 6.45) is -0.317. The molecule has 0 saturated carbocycles. The third-order valence-corrected chi connectivity index (χ3v) is 4.28. The topological polar surface area (TPSA) is 133 Å². The molecule has 9 nitrogen and oxygen atoms in total. The number of carbonyl (C=O) groups is 1. The van der Waals surface area contributed by atoms with E-state index >= 15 is 0 Å². The number of carbonyl (C=O) groups excluding carboxylic acids is 1. The SMILES string of the molecule is CCOCCN=C(NC(=O)c1ccc(NO)c(N)c1)NC1Nc2cc(F)ccc21. The first-order valence-corrected chi connectivity index (χ1v) is 9.07. The Bertz CT molecular complexity index is 921. The number of halogens is 1. The highest BCUT2D eigenvalue weighted by Gasteiger charge is 2.27. The number of anilines is 3. The zero-order valence-electron chi connectivity index (χ0n) is 15.8. The Morgan fingerprint density at radius 1 is 1.34 bits per heavy atom. The van der Waals surface area contributed by atoms with Crippen LogP contribution in [0.25, 0.3) is 0 Å². The molecule has 0 bridgehead atoms. The lowest BCUT2D eigenvalue weighted by Gasteiger charge is -2.34. The Morgan fingerprint density at radius 2 is 2.17 bits per heavy atom. The number of nitrogen functional groups attached to an aromatic ring is 1. The van der Waals surface area contributed by atoms with Crippen LogP contribution in [0.3, 0.4) is 0 Å². The summed E-state index contributed by atoms with van der Waals surface area (Å²) in [4.78, 5) is 16.9. The summed E-state index contributed by atoms with van der Waals surface area (Å²) in [5.74, 6) is -0.514. The molecule has 1 unspecified atom stereocenters. The quantitative estimate of drug-likeness (QED) is 0.137. The minimum atomic E-state index is -0.428. The predicted octanol–water partition coefficient (Wildman–Crippen LogP) is 2.05. The number of ether oxygens (including phenoxy) is 1. The first-order valence-electron chi connectivity index (χ1n) is 9.07. The van der Waals surface area contributed by atoms with Crippen molar-refractivity contribution >= 4 is 28.9 Å². The van der Waals surface area contributed by atoms with E-state index in [4.69, 9.17) is 15.7 Å². The van der Waals surface area contributed by atoms with E-state index in [0.29, 0.717) is 36.7 Å². The number of fused-ring (bicyclic) bond motifs is 1. The molecule has 0 spiro atoms. The maximum atomic E-state index is 13.3. The number of hydrogen-bond acceptors (Lipinski definition) is 7. The highest BCUT2D eigenvalue weighted by molar-refractivity contribution is 6.06. The van der Waals surface area contributed by atoms with E-state index < -0.39 is 5.91 Å². The van der Waals surface area contributed by atoms with Gasteiger partial charge in [-0.05, 0) is 37.3 Å². The molecule has 1 amide bonds. The van der Waals surface area contributed by atoms with E-state index in [-0.39, 0.29) is 23.6 Å². The van der Waals surface area contributed by atoms with Gasteiger partial charge in [-0.25, -0.2) is 4.39 Å². The minimum absolute atomic E-state index is 0.222. The average molecular weight is 402 g/mol. The zero-order chi connectivity index (χ0) is 20.8. The molecule has 7 N–H and O–H groups in total. The van der Waals surface area contributed by atoms with Crippen LogP contribution < -0.4 is 27.2 Å². The monoisotopic (exact) mass is 402 g/mol. The Labute approximate surface area is 167 Å². The Kier molecular flexibility index (Phi) is 6.47. The summed E-state index contributed by atoms with van der Waals surface area (Å²) in [6, 6.07) is 8.88. The molecule has 0 aliphatic carbocycles. The van der Waals surface area contributed by atoms with Gasteiger partial charge in [0, 0.05) is 23.4 Å². The second kappa shape index (κ2) is 9.22. The number of guanidine groups is 1. The largest absolute Gasteiger partial charge is 0.397 e. The Balaban J connectivity index is 1.71. The molecule has 10 heteroatoms. The highest BCUT2D eigenvalue weighted by atomic mass is 19.1. The van der Waals surface area contributed by atoms with Gasteiger partial charge in [0.1, 0.15) is 12.0 Å². The van der Waals surface area contributed by atoms with Crippen molar-refractivity contribution in [3.8, 4) is 0 Å². The number of benzene rings is 2. The van der Waals surface area contributed by atoms with Gasteiger partial charge in [-0.1, -0.05) is 6.07 Å². The predicted molar refractivity (Wildman–Crippen MR) is 108 cm³/mol. The van der Waals surface area contributed by atoms with Crippen molar-refractivity contribution in [2.45, 2.75) is 13.1 Å². The fraction of sp³-hybridized carbons (Fsp3) is 0.263. The molecule has 1 atom stereocenters. The van der Waals surface area contributed by atoms with Gasteiger partial charge in [0.25, 0.3) is 5.91 Å². The number of rotatable bonds is 7. The van der Waals surface area contributed by atoms with Crippen LogP contribution >= 0.6 is 0 Å². The molecule has 0 aromatic heterocycles. The van der Waals surface area contributed by atoms with E-state index in [1.54, 1.807) is 6.07 Å². The standard InChI is InChI=1S/C19H23FN6O3/c1-2-29-8-7-22-19(24-17-13-5-4-12(20)10-16(13)23-17)25-18(27)11-3-6-15(26-28)14(21)9-11/h3-6,9-10,17,23,26,28H,2,7-8,21H2,1H3,(H2,22,24,25,27). The summed E-state index contributed by atoms with van der Waals surface area (Å²) in [5, 5.41) is 17.8. The molecule has 0 saturated heterocycles. The lowest BCUT2D eigenvalue weighted by molar-refractivity contribution is 0.0975. The molecule has 3 rings (SSSR count). The van der Waals surface area contributed by atoms with Crippen molar-refractivity contribution in [3.63, 3.8) is 0 Å². The molecule has 2 aromatic rings. The number of nitrogens with zero attached hydrogens (tertiary/aromatic N) is 1.